The summed E-state index contributed by atoms with van der Waals surface area (Å²) in [4.78, 5) is 25.2. The third-order valence-electron chi connectivity index (χ3n) is 7.42. The van der Waals surface area contributed by atoms with E-state index in [0.29, 0.717) is 31.2 Å². The molecule has 2 aliphatic rings. The fourth-order valence-corrected chi connectivity index (χ4v) is 5.15. The standard InChI is InChI=1S/C29H41N7O4/c1-29(2,3)17-39-24-12-11-23-21(15-32-36(23)25(24)18-5-6-18)27(38)33-19-7-9-20(10-8-19)40-28-22(26(31)37)16-35(34-28)14-4-13-30/h11-12,15-16,18-20H,4-10,13-14,17,30H2,1-3H3,(H2,31,37)(H,33,38). The zero-order valence-corrected chi connectivity index (χ0v) is 23.7. The highest BCUT2D eigenvalue weighted by Crippen LogP contribution is 2.44. The Morgan fingerprint density at radius 1 is 1.10 bits per heavy atom. The van der Waals surface area contributed by atoms with Crippen molar-refractivity contribution in [1.29, 1.82) is 0 Å². The Balaban J connectivity index is 1.21. The fourth-order valence-electron chi connectivity index (χ4n) is 5.15. The number of pyridine rings is 1. The van der Waals surface area contributed by atoms with Gasteiger partial charge >= 0.3 is 0 Å². The predicted molar refractivity (Wildman–Crippen MR) is 151 cm³/mol. The van der Waals surface area contributed by atoms with Crippen molar-refractivity contribution in [2.24, 2.45) is 16.9 Å². The fraction of sp³-hybridized carbons (Fsp3) is 0.586. The van der Waals surface area contributed by atoms with Crippen LogP contribution in [0.3, 0.4) is 0 Å². The van der Waals surface area contributed by atoms with Crippen molar-refractivity contribution in [1.82, 2.24) is 24.7 Å². The van der Waals surface area contributed by atoms with E-state index in [1.54, 1.807) is 17.1 Å². The number of rotatable bonds is 11. The van der Waals surface area contributed by atoms with Crippen LogP contribution in [-0.4, -0.2) is 56.5 Å². The van der Waals surface area contributed by atoms with Crippen molar-refractivity contribution in [2.75, 3.05) is 13.2 Å². The van der Waals surface area contributed by atoms with Crippen molar-refractivity contribution in [3.8, 4) is 11.6 Å². The number of primary amides is 1. The number of aromatic nitrogens is 4. The van der Waals surface area contributed by atoms with Gasteiger partial charge in [-0.1, -0.05) is 20.8 Å². The highest BCUT2D eigenvalue weighted by molar-refractivity contribution is 6.01. The second-order valence-electron chi connectivity index (χ2n) is 12.2. The molecule has 3 heterocycles. The Labute approximate surface area is 234 Å². The number of nitrogens with one attached hydrogen (secondary N) is 1. The predicted octanol–water partition coefficient (Wildman–Crippen LogP) is 3.40. The van der Waals surface area contributed by atoms with Gasteiger partial charge in [-0.15, -0.1) is 5.10 Å². The molecule has 40 heavy (non-hydrogen) atoms. The molecule has 11 heteroatoms. The first-order valence-electron chi connectivity index (χ1n) is 14.3. The number of ether oxygens (including phenoxy) is 2. The van der Waals surface area contributed by atoms with Gasteiger partial charge in [0, 0.05) is 24.7 Å². The molecular weight excluding hydrogens is 510 g/mol. The summed E-state index contributed by atoms with van der Waals surface area (Å²) in [6.45, 7) is 8.18. The quantitative estimate of drug-likeness (QED) is 0.330. The maximum Gasteiger partial charge on any atom is 0.255 e. The zero-order valence-electron chi connectivity index (χ0n) is 23.7. The van der Waals surface area contributed by atoms with Crippen LogP contribution in [0.25, 0.3) is 5.52 Å². The van der Waals surface area contributed by atoms with Crippen molar-refractivity contribution in [2.45, 2.75) is 90.3 Å². The lowest BCUT2D eigenvalue weighted by Crippen LogP contribution is -2.39. The van der Waals surface area contributed by atoms with Crippen molar-refractivity contribution in [3.05, 3.63) is 41.3 Å². The molecule has 0 radical (unpaired) electrons. The Hall–Kier alpha value is -3.60. The number of fused-ring (bicyclic) bond motifs is 1. The van der Waals surface area contributed by atoms with Crippen LogP contribution in [0.4, 0.5) is 0 Å². The Kier molecular flexibility index (Phi) is 8.02. The highest BCUT2D eigenvalue weighted by Gasteiger charge is 2.32. The van der Waals surface area contributed by atoms with Crippen molar-refractivity contribution in [3.63, 3.8) is 0 Å². The lowest BCUT2D eigenvalue weighted by molar-refractivity contribution is 0.0882. The van der Waals surface area contributed by atoms with Crippen LogP contribution in [0, 0.1) is 5.41 Å². The van der Waals surface area contributed by atoms with E-state index in [2.05, 4.69) is 36.3 Å². The first-order chi connectivity index (χ1) is 19.1. The number of aryl methyl sites for hydroxylation is 1. The van der Waals surface area contributed by atoms with E-state index in [4.69, 9.17) is 20.9 Å². The van der Waals surface area contributed by atoms with Gasteiger partial charge in [-0.3, -0.25) is 14.3 Å². The van der Waals surface area contributed by atoms with Gasteiger partial charge in [0.1, 0.15) is 17.4 Å². The second kappa shape index (κ2) is 11.5. The molecule has 3 aromatic heterocycles. The summed E-state index contributed by atoms with van der Waals surface area (Å²) >= 11 is 0. The number of nitrogens with zero attached hydrogens (tertiary/aromatic N) is 4. The molecule has 11 nitrogen and oxygen atoms in total. The van der Waals surface area contributed by atoms with Gasteiger partial charge in [0.05, 0.1) is 29.6 Å². The molecule has 5 rings (SSSR count). The van der Waals surface area contributed by atoms with Gasteiger partial charge in [0.25, 0.3) is 11.8 Å². The van der Waals surface area contributed by atoms with E-state index in [1.807, 2.05) is 16.6 Å². The van der Waals surface area contributed by atoms with Crippen LogP contribution in [0.2, 0.25) is 0 Å². The maximum atomic E-state index is 13.3. The molecule has 5 N–H and O–H groups in total. The molecule has 216 valence electrons. The van der Waals surface area contributed by atoms with Gasteiger partial charge < -0.3 is 26.3 Å². The average molecular weight is 552 g/mol. The summed E-state index contributed by atoms with van der Waals surface area (Å²) < 4.78 is 15.8. The monoisotopic (exact) mass is 551 g/mol. The first kappa shape index (κ1) is 27.9. The van der Waals surface area contributed by atoms with E-state index < -0.39 is 5.91 Å². The van der Waals surface area contributed by atoms with E-state index >= 15 is 0 Å². The van der Waals surface area contributed by atoms with Gasteiger partial charge in [-0.05, 0) is 69.0 Å². The average Bonchev–Trinajstić information content (AvgIpc) is 3.52. The Bertz CT molecular complexity index is 1360. The topological polar surface area (TPSA) is 152 Å². The van der Waals surface area contributed by atoms with Gasteiger partial charge in [0.15, 0.2) is 0 Å². The van der Waals surface area contributed by atoms with Crippen LogP contribution >= 0.6 is 0 Å². The summed E-state index contributed by atoms with van der Waals surface area (Å²) in [7, 11) is 0. The molecule has 3 aromatic rings. The Morgan fingerprint density at radius 3 is 2.50 bits per heavy atom. The molecular formula is C29H41N7O4. The molecule has 2 fully saturated rings. The van der Waals surface area contributed by atoms with Gasteiger partial charge in [-0.2, -0.15) is 5.10 Å². The minimum absolute atomic E-state index is 0.0253. The van der Waals surface area contributed by atoms with Crippen molar-refractivity contribution >= 4 is 17.3 Å². The molecule has 0 bridgehead atoms. The smallest absolute Gasteiger partial charge is 0.255 e. The SMILES string of the molecule is CC(C)(C)COc1ccc2c(C(=O)NC3CCC(Oc4nn(CCCN)cc4C(N)=O)CC3)cnn2c1C1CC1. The molecule has 0 spiro atoms. The molecule has 0 atom stereocenters. The summed E-state index contributed by atoms with van der Waals surface area (Å²) in [6, 6.07) is 3.93. The number of hydrogen-bond acceptors (Lipinski definition) is 7. The minimum Gasteiger partial charge on any atom is -0.491 e. The summed E-state index contributed by atoms with van der Waals surface area (Å²) in [5.41, 5.74) is 13.9. The molecule has 2 saturated carbocycles. The lowest BCUT2D eigenvalue weighted by atomic mass is 9.92. The number of carbonyl (C=O) groups is 2. The molecule has 2 aliphatic carbocycles. The first-order valence-corrected chi connectivity index (χ1v) is 14.3. The molecule has 0 aromatic carbocycles. The van der Waals surface area contributed by atoms with E-state index in [1.165, 1.54) is 0 Å². The van der Waals surface area contributed by atoms with Crippen molar-refractivity contribution < 1.29 is 19.1 Å². The number of hydrogen-bond donors (Lipinski definition) is 3. The number of amides is 2. The van der Waals surface area contributed by atoms with Crippen LogP contribution in [0.5, 0.6) is 11.6 Å². The molecule has 0 unspecified atom stereocenters. The van der Waals surface area contributed by atoms with E-state index in [0.717, 1.165) is 61.9 Å². The van der Waals surface area contributed by atoms with Crippen LogP contribution in [0.1, 0.15) is 98.0 Å². The maximum absolute atomic E-state index is 13.3. The number of nitrogens with two attached hydrogens (primary N) is 2. The highest BCUT2D eigenvalue weighted by atomic mass is 16.5. The normalized spacial score (nSPS) is 19.5. The summed E-state index contributed by atoms with van der Waals surface area (Å²) in [5, 5.41) is 12.2. The number of carbonyl (C=O) groups excluding carboxylic acids is 2. The lowest BCUT2D eigenvalue weighted by Gasteiger charge is -2.29. The largest absolute Gasteiger partial charge is 0.491 e. The minimum atomic E-state index is -0.568. The molecule has 2 amide bonds. The second-order valence-corrected chi connectivity index (χ2v) is 12.2. The summed E-state index contributed by atoms with van der Waals surface area (Å²) in [5.74, 6) is 0.829. The van der Waals surface area contributed by atoms with Gasteiger partial charge in [0.2, 0.25) is 5.88 Å². The van der Waals surface area contributed by atoms with Gasteiger partial charge in [-0.25, -0.2) is 4.52 Å². The zero-order chi connectivity index (χ0) is 28.4. The van der Waals surface area contributed by atoms with Crippen LogP contribution in [-0.2, 0) is 6.54 Å². The van der Waals surface area contributed by atoms with E-state index in [-0.39, 0.29) is 34.9 Å². The molecule has 0 saturated heterocycles. The van der Waals surface area contributed by atoms with Crippen LogP contribution < -0.4 is 26.3 Å². The van der Waals surface area contributed by atoms with E-state index in [9.17, 15) is 9.59 Å². The summed E-state index contributed by atoms with van der Waals surface area (Å²) in [6.07, 6.45) is 9.09. The van der Waals surface area contributed by atoms with Crippen LogP contribution in [0.15, 0.2) is 24.5 Å². The molecule has 0 aliphatic heterocycles. The third-order valence-corrected chi connectivity index (χ3v) is 7.42. The third kappa shape index (κ3) is 6.41. The Morgan fingerprint density at radius 2 is 1.85 bits per heavy atom.